The lowest BCUT2D eigenvalue weighted by Gasteiger charge is -2.03. The summed E-state index contributed by atoms with van der Waals surface area (Å²) in [5.41, 5.74) is 2.60. The fourth-order valence-electron chi connectivity index (χ4n) is 1.23. The molecule has 0 unspecified atom stereocenters. The van der Waals surface area contributed by atoms with Crippen molar-refractivity contribution in [3.8, 4) is 0 Å². The van der Waals surface area contributed by atoms with Crippen LogP contribution in [0.15, 0.2) is 28.1 Å². The number of halogens is 1. The fraction of sp³-hybridized carbons (Fsp3) is 0.100. The van der Waals surface area contributed by atoms with E-state index >= 15 is 0 Å². The van der Waals surface area contributed by atoms with Gasteiger partial charge in [-0.1, -0.05) is 0 Å². The van der Waals surface area contributed by atoms with Crippen LogP contribution in [0.5, 0.6) is 0 Å². The van der Waals surface area contributed by atoms with Crippen LogP contribution >= 0.6 is 27.3 Å². The minimum Gasteiger partial charge on any atom is -0.346 e. The summed E-state index contributed by atoms with van der Waals surface area (Å²) >= 11 is 4.97. The monoisotopic (exact) mass is 327 g/mol. The number of nitrogens with one attached hydrogen (secondary N) is 2. The van der Waals surface area contributed by atoms with Gasteiger partial charge in [0.1, 0.15) is 0 Å². The number of aromatic nitrogens is 2. The molecular weight excluding hydrogens is 318 g/mol. The van der Waals surface area contributed by atoms with Crippen LogP contribution in [0.2, 0.25) is 0 Å². The molecule has 0 atom stereocenters. The third kappa shape index (κ3) is 3.03. The molecule has 0 fully saturated rings. The lowest BCUT2D eigenvalue weighted by Crippen LogP contribution is -2.24. The molecule has 2 rings (SSSR count). The Kier molecular flexibility index (Phi) is 4.24. The van der Waals surface area contributed by atoms with E-state index in [0.717, 1.165) is 9.35 Å². The predicted molar refractivity (Wildman–Crippen MR) is 73.0 cm³/mol. The second-order valence-electron chi connectivity index (χ2n) is 3.32. The average molecular weight is 328 g/mol. The molecule has 2 heterocycles. The summed E-state index contributed by atoms with van der Waals surface area (Å²) in [4.78, 5) is 12.8. The van der Waals surface area contributed by atoms with Gasteiger partial charge in [-0.3, -0.25) is 4.79 Å². The van der Waals surface area contributed by atoms with Crippen LogP contribution in [-0.2, 0) is 6.54 Å². The van der Waals surface area contributed by atoms with Crippen LogP contribution in [0.1, 0.15) is 15.4 Å². The highest BCUT2D eigenvalue weighted by atomic mass is 79.9. The molecule has 4 N–H and O–H groups in total. The van der Waals surface area contributed by atoms with Gasteiger partial charge in [-0.15, -0.1) is 21.5 Å². The minimum atomic E-state index is -0.272. The second-order valence-corrected chi connectivity index (χ2v) is 5.18. The van der Waals surface area contributed by atoms with E-state index in [1.807, 2.05) is 11.4 Å². The molecule has 0 aliphatic heterocycles. The predicted octanol–water partition coefficient (Wildman–Crippen LogP) is 1.52. The molecule has 0 bridgehead atoms. The van der Waals surface area contributed by atoms with Gasteiger partial charge in [-0.05, 0) is 39.5 Å². The van der Waals surface area contributed by atoms with Crippen molar-refractivity contribution in [1.82, 2.24) is 15.5 Å². The number of nitrogens with zero attached hydrogens (tertiary/aromatic N) is 2. The third-order valence-corrected chi connectivity index (χ3v) is 4.07. The summed E-state index contributed by atoms with van der Waals surface area (Å²) in [6.07, 6.45) is 0. The van der Waals surface area contributed by atoms with Crippen molar-refractivity contribution >= 4 is 39.0 Å². The molecule has 0 radical (unpaired) electrons. The van der Waals surface area contributed by atoms with Crippen molar-refractivity contribution in [3.63, 3.8) is 0 Å². The molecule has 8 heteroatoms. The summed E-state index contributed by atoms with van der Waals surface area (Å²) in [6, 6.07) is 5.08. The number of hydrogen-bond donors (Lipinski definition) is 3. The summed E-state index contributed by atoms with van der Waals surface area (Å²) in [5.74, 6) is 5.30. The molecular formula is C10H10BrN5OS. The normalized spacial score (nSPS) is 10.1. The van der Waals surface area contributed by atoms with Gasteiger partial charge in [0.15, 0.2) is 11.5 Å². The topological polar surface area (TPSA) is 92.9 Å². The highest BCUT2D eigenvalue weighted by Crippen LogP contribution is 2.22. The Hall–Kier alpha value is -1.51. The zero-order valence-electron chi connectivity index (χ0n) is 9.18. The molecule has 94 valence electrons. The van der Waals surface area contributed by atoms with Crippen molar-refractivity contribution in [2.75, 3.05) is 5.43 Å². The summed E-state index contributed by atoms with van der Waals surface area (Å²) in [5, 5.41) is 12.2. The maximum Gasteiger partial charge on any atom is 0.272 e. The van der Waals surface area contributed by atoms with Gasteiger partial charge in [0.25, 0.3) is 5.91 Å². The van der Waals surface area contributed by atoms with Crippen LogP contribution in [0, 0.1) is 0 Å². The molecule has 2 aromatic rings. The van der Waals surface area contributed by atoms with E-state index in [9.17, 15) is 4.79 Å². The van der Waals surface area contributed by atoms with E-state index in [0.29, 0.717) is 12.4 Å². The first-order chi connectivity index (χ1) is 8.70. The Morgan fingerprint density at radius 3 is 2.78 bits per heavy atom. The first-order valence-electron chi connectivity index (χ1n) is 5.01. The number of carbonyl (C=O) groups excluding carboxylic acids is 1. The van der Waals surface area contributed by atoms with Gasteiger partial charge >= 0.3 is 0 Å². The standard InChI is InChI=1S/C10H10BrN5OS/c11-6-3-4-18-8(6)5-13-10(17)7-1-2-9(14-12)16-15-7/h1-4H,5,12H2,(H,13,17)(H,14,16). The van der Waals surface area contributed by atoms with Crippen molar-refractivity contribution in [1.29, 1.82) is 0 Å². The Morgan fingerprint density at radius 1 is 1.39 bits per heavy atom. The number of rotatable bonds is 4. The quantitative estimate of drug-likeness (QED) is 0.584. The number of thiophene rings is 1. The van der Waals surface area contributed by atoms with Crippen molar-refractivity contribution < 1.29 is 4.79 Å². The molecule has 6 nitrogen and oxygen atoms in total. The largest absolute Gasteiger partial charge is 0.346 e. The summed E-state index contributed by atoms with van der Waals surface area (Å²) < 4.78 is 0.988. The van der Waals surface area contributed by atoms with Gasteiger partial charge in [0.05, 0.1) is 6.54 Å². The van der Waals surface area contributed by atoms with Gasteiger partial charge < -0.3 is 10.7 Å². The van der Waals surface area contributed by atoms with Gasteiger partial charge in [0, 0.05) is 9.35 Å². The summed E-state index contributed by atoms with van der Waals surface area (Å²) in [6.45, 7) is 0.454. The molecule has 0 aliphatic carbocycles. The van der Waals surface area contributed by atoms with Crippen LogP contribution < -0.4 is 16.6 Å². The lowest BCUT2D eigenvalue weighted by atomic mass is 10.3. The SMILES string of the molecule is NNc1ccc(C(=O)NCc2sccc2Br)nn1. The number of anilines is 1. The third-order valence-electron chi connectivity index (χ3n) is 2.15. The lowest BCUT2D eigenvalue weighted by molar-refractivity contribution is 0.0945. The highest BCUT2D eigenvalue weighted by Gasteiger charge is 2.09. The molecule has 0 aliphatic rings. The average Bonchev–Trinajstić information content (AvgIpc) is 2.81. The number of carbonyl (C=O) groups is 1. The molecule has 1 amide bonds. The van der Waals surface area contributed by atoms with Crippen molar-refractivity contribution in [2.24, 2.45) is 5.84 Å². The van der Waals surface area contributed by atoms with E-state index in [2.05, 4.69) is 36.9 Å². The maximum absolute atomic E-state index is 11.8. The zero-order chi connectivity index (χ0) is 13.0. The molecule has 0 saturated heterocycles. The van der Waals surface area contributed by atoms with E-state index in [1.54, 1.807) is 23.5 Å². The minimum absolute atomic E-state index is 0.252. The van der Waals surface area contributed by atoms with Gasteiger partial charge in [0.2, 0.25) is 0 Å². The number of nitrogen functional groups attached to an aromatic ring is 1. The van der Waals surface area contributed by atoms with Crippen LogP contribution in [0.3, 0.4) is 0 Å². The van der Waals surface area contributed by atoms with Gasteiger partial charge in [-0.2, -0.15) is 0 Å². The Labute approximate surface area is 116 Å². The van der Waals surface area contributed by atoms with E-state index in [-0.39, 0.29) is 11.6 Å². The molecule has 0 spiro atoms. The second kappa shape index (κ2) is 5.89. The van der Waals surface area contributed by atoms with E-state index in [1.165, 1.54) is 0 Å². The molecule has 0 saturated carbocycles. The number of amides is 1. The maximum atomic E-state index is 11.8. The van der Waals surface area contributed by atoms with Crippen molar-refractivity contribution in [3.05, 3.63) is 38.6 Å². The Balaban J connectivity index is 1.97. The first kappa shape index (κ1) is 12.9. The fourth-order valence-corrected chi connectivity index (χ4v) is 2.66. The Bertz CT molecular complexity index is 541. The van der Waals surface area contributed by atoms with E-state index < -0.39 is 0 Å². The van der Waals surface area contributed by atoms with Gasteiger partial charge in [-0.25, -0.2) is 5.84 Å². The van der Waals surface area contributed by atoms with Crippen LogP contribution in [-0.4, -0.2) is 16.1 Å². The number of hydrogen-bond acceptors (Lipinski definition) is 6. The van der Waals surface area contributed by atoms with Crippen LogP contribution in [0.25, 0.3) is 0 Å². The highest BCUT2D eigenvalue weighted by molar-refractivity contribution is 9.10. The Morgan fingerprint density at radius 2 is 2.22 bits per heavy atom. The molecule has 2 aromatic heterocycles. The molecule has 18 heavy (non-hydrogen) atoms. The van der Waals surface area contributed by atoms with Crippen LogP contribution in [0.4, 0.5) is 5.82 Å². The number of hydrazine groups is 1. The summed E-state index contributed by atoms with van der Waals surface area (Å²) in [7, 11) is 0. The smallest absolute Gasteiger partial charge is 0.272 e. The zero-order valence-corrected chi connectivity index (χ0v) is 11.6. The van der Waals surface area contributed by atoms with Crippen molar-refractivity contribution in [2.45, 2.75) is 6.54 Å². The molecule has 0 aromatic carbocycles. The number of nitrogens with two attached hydrogens (primary N) is 1. The first-order valence-corrected chi connectivity index (χ1v) is 6.68. The van der Waals surface area contributed by atoms with E-state index in [4.69, 9.17) is 5.84 Å².